The number of hydrogen-bond donors (Lipinski definition) is 4. The van der Waals surface area contributed by atoms with Gasteiger partial charge in [-0.3, -0.25) is 5.73 Å². The fourth-order valence-electron chi connectivity index (χ4n) is 2.29. The molecule has 5 nitrogen and oxygen atoms in total. The van der Waals surface area contributed by atoms with Gasteiger partial charge in [0.25, 0.3) is 0 Å². The Balaban J connectivity index is 0.00000192. The van der Waals surface area contributed by atoms with Crippen LogP contribution in [0.4, 0.5) is 30.2 Å². The van der Waals surface area contributed by atoms with Gasteiger partial charge in [0, 0.05) is 11.3 Å². The molecule has 0 spiro atoms. The van der Waals surface area contributed by atoms with Gasteiger partial charge in [0.15, 0.2) is 5.79 Å². The van der Waals surface area contributed by atoms with Gasteiger partial charge in [-0.2, -0.15) is 0 Å². The number of alkyl halides is 3. The summed E-state index contributed by atoms with van der Waals surface area (Å²) < 4.78 is 40.3. The molecule has 1 heterocycles. The average molecular weight is 347 g/mol. The Morgan fingerprint density at radius 3 is 2.17 bits per heavy atom. The van der Waals surface area contributed by atoms with Crippen LogP contribution in [0.25, 0.3) is 0 Å². The SMILES string of the molecule is Cl.Nc1ccc2c(c1)NC(N)(c1ccc(OC(F)(F)F)cc1)N2. The summed E-state index contributed by atoms with van der Waals surface area (Å²) in [6.45, 7) is 0. The fraction of sp³-hybridized carbons (Fsp3) is 0.143. The van der Waals surface area contributed by atoms with Crippen molar-refractivity contribution in [1.29, 1.82) is 0 Å². The van der Waals surface area contributed by atoms with Crippen molar-refractivity contribution in [3.05, 3.63) is 48.0 Å². The van der Waals surface area contributed by atoms with E-state index in [1.54, 1.807) is 18.2 Å². The minimum absolute atomic E-state index is 0. The summed E-state index contributed by atoms with van der Waals surface area (Å²) >= 11 is 0. The molecule has 23 heavy (non-hydrogen) atoms. The standard InChI is InChI=1S/C14H13F3N4O.ClH/c15-14(16,17)22-10-4-1-8(2-5-10)13(19)20-11-6-3-9(18)7-12(11)21-13;/h1-7,20-21H,18-19H2;1H. The van der Waals surface area contributed by atoms with Crippen molar-refractivity contribution in [2.24, 2.45) is 5.73 Å². The van der Waals surface area contributed by atoms with Crippen LogP contribution < -0.4 is 26.8 Å². The van der Waals surface area contributed by atoms with Crippen molar-refractivity contribution in [1.82, 2.24) is 0 Å². The summed E-state index contributed by atoms with van der Waals surface area (Å²) in [6, 6.07) is 10.5. The molecule has 124 valence electrons. The van der Waals surface area contributed by atoms with E-state index in [-0.39, 0.29) is 18.2 Å². The average Bonchev–Trinajstić information content (AvgIpc) is 2.74. The summed E-state index contributed by atoms with van der Waals surface area (Å²) in [5.41, 5.74) is 14.5. The summed E-state index contributed by atoms with van der Waals surface area (Å²) in [4.78, 5) is 0. The normalized spacial score (nSPS) is 19.1. The van der Waals surface area contributed by atoms with Gasteiger partial charge in [-0.25, -0.2) is 0 Å². The zero-order valence-corrected chi connectivity index (χ0v) is 12.5. The number of halogens is 4. The Morgan fingerprint density at radius 2 is 1.57 bits per heavy atom. The van der Waals surface area contributed by atoms with Crippen LogP contribution in [-0.2, 0) is 5.79 Å². The van der Waals surface area contributed by atoms with Crippen molar-refractivity contribution >= 4 is 29.5 Å². The molecule has 2 aromatic carbocycles. The van der Waals surface area contributed by atoms with E-state index in [1.807, 2.05) is 0 Å². The first-order valence-corrected chi connectivity index (χ1v) is 6.36. The fourth-order valence-corrected chi connectivity index (χ4v) is 2.29. The first kappa shape index (κ1) is 17.0. The first-order chi connectivity index (χ1) is 10.3. The van der Waals surface area contributed by atoms with Crippen LogP contribution in [0.1, 0.15) is 5.56 Å². The number of benzene rings is 2. The molecule has 0 amide bonds. The maximum atomic E-state index is 12.2. The minimum Gasteiger partial charge on any atom is -0.406 e. The molecule has 3 rings (SSSR count). The zero-order chi connectivity index (χ0) is 16.0. The van der Waals surface area contributed by atoms with Crippen LogP contribution >= 0.6 is 12.4 Å². The molecule has 6 N–H and O–H groups in total. The summed E-state index contributed by atoms with van der Waals surface area (Å²) in [7, 11) is 0. The van der Waals surface area contributed by atoms with Crippen molar-refractivity contribution in [2.45, 2.75) is 12.1 Å². The van der Waals surface area contributed by atoms with E-state index in [4.69, 9.17) is 11.5 Å². The second-order valence-corrected chi connectivity index (χ2v) is 4.94. The zero-order valence-electron chi connectivity index (χ0n) is 11.6. The van der Waals surface area contributed by atoms with E-state index in [1.165, 1.54) is 24.3 Å². The van der Waals surface area contributed by atoms with Crippen LogP contribution in [0, 0.1) is 0 Å². The molecule has 0 bridgehead atoms. The van der Waals surface area contributed by atoms with Crippen LogP contribution in [0.15, 0.2) is 42.5 Å². The molecule has 1 atom stereocenters. The lowest BCUT2D eigenvalue weighted by Gasteiger charge is -2.26. The number of nitrogen functional groups attached to an aromatic ring is 1. The Labute approximate surface area is 136 Å². The molecule has 1 aliphatic rings. The van der Waals surface area contributed by atoms with Gasteiger partial charge in [-0.1, -0.05) is 0 Å². The second kappa shape index (κ2) is 5.71. The number of rotatable bonds is 2. The monoisotopic (exact) mass is 346 g/mol. The maximum Gasteiger partial charge on any atom is 0.573 e. The van der Waals surface area contributed by atoms with Crippen LogP contribution in [0.2, 0.25) is 0 Å². The highest BCUT2D eigenvalue weighted by atomic mass is 35.5. The van der Waals surface area contributed by atoms with Crippen LogP contribution in [-0.4, -0.2) is 6.36 Å². The number of nitrogens with one attached hydrogen (secondary N) is 2. The molecular weight excluding hydrogens is 333 g/mol. The van der Waals surface area contributed by atoms with E-state index >= 15 is 0 Å². The van der Waals surface area contributed by atoms with E-state index in [2.05, 4.69) is 15.4 Å². The topological polar surface area (TPSA) is 85.3 Å². The number of fused-ring (bicyclic) bond motifs is 1. The molecule has 0 saturated heterocycles. The summed E-state index contributed by atoms with van der Waals surface area (Å²) in [5, 5.41) is 6.13. The molecule has 0 radical (unpaired) electrons. The maximum absolute atomic E-state index is 12.2. The van der Waals surface area contributed by atoms with E-state index in [0.717, 1.165) is 11.4 Å². The lowest BCUT2D eigenvalue weighted by Crippen LogP contribution is -2.47. The number of nitrogens with two attached hydrogens (primary N) is 2. The van der Waals surface area contributed by atoms with Crippen LogP contribution in [0.3, 0.4) is 0 Å². The third kappa shape index (κ3) is 3.54. The molecule has 0 aromatic heterocycles. The molecule has 0 aliphatic carbocycles. The highest BCUT2D eigenvalue weighted by Crippen LogP contribution is 2.38. The van der Waals surface area contributed by atoms with Crippen molar-refractivity contribution < 1.29 is 17.9 Å². The quantitative estimate of drug-likeness (QED) is 0.627. The number of hydrogen-bond acceptors (Lipinski definition) is 5. The third-order valence-corrected chi connectivity index (χ3v) is 3.25. The van der Waals surface area contributed by atoms with Crippen molar-refractivity contribution in [3.8, 4) is 5.75 Å². The molecule has 1 aliphatic heterocycles. The molecular formula is C14H14ClF3N4O. The Hall–Kier alpha value is -2.32. The first-order valence-electron chi connectivity index (χ1n) is 6.36. The van der Waals surface area contributed by atoms with Crippen molar-refractivity contribution in [3.63, 3.8) is 0 Å². The van der Waals surface area contributed by atoms with Gasteiger partial charge in [-0.15, -0.1) is 25.6 Å². The molecule has 2 aromatic rings. The Morgan fingerprint density at radius 1 is 0.957 bits per heavy atom. The Bertz CT molecular complexity index is 708. The van der Waals surface area contributed by atoms with E-state index in [9.17, 15) is 13.2 Å². The number of anilines is 3. The van der Waals surface area contributed by atoms with Gasteiger partial charge >= 0.3 is 6.36 Å². The molecule has 0 saturated carbocycles. The predicted octanol–water partition coefficient (Wildman–Crippen LogP) is 3.20. The summed E-state index contributed by atoms with van der Waals surface area (Å²) in [6.07, 6.45) is -4.72. The molecule has 0 fully saturated rings. The molecule has 9 heteroatoms. The highest BCUT2D eigenvalue weighted by molar-refractivity contribution is 5.85. The van der Waals surface area contributed by atoms with Gasteiger partial charge in [0.2, 0.25) is 0 Å². The lowest BCUT2D eigenvalue weighted by atomic mass is 10.1. The van der Waals surface area contributed by atoms with Crippen molar-refractivity contribution in [2.75, 3.05) is 16.4 Å². The third-order valence-electron chi connectivity index (χ3n) is 3.25. The van der Waals surface area contributed by atoms with Crippen LogP contribution in [0.5, 0.6) is 5.75 Å². The Kier molecular flexibility index (Phi) is 4.23. The predicted molar refractivity (Wildman–Crippen MR) is 84.3 cm³/mol. The van der Waals surface area contributed by atoms with E-state index in [0.29, 0.717) is 11.3 Å². The smallest absolute Gasteiger partial charge is 0.406 e. The second-order valence-electron chi connectivity index (χ2n) is 4.94. The van der Waals surface area contributed by atoms with Gasteiger partial charge in [0.05, 0.1) is 11.4 Å². The van der Waals surface area contributed by atoms with Gasteiger partial charge in [-0.05, 0) is 42.5 Å². The highest BCUT2D eigenvalue weighted by Gasteiger charge is 2.35. The lowest BCUT2D eigenvalue weighted by molar-refractivity contribution is -0.274. The molecule has 1 unspecified atom stereocenters. The van der Waals surface area contributed by atoms with Gasteiger partial charge < -0.3 is 21.1 Å². The van der Waals surface area contributed by atoms with Gasteiger partial charge in [0.1, 0.15) is 5.75 Å². The van der Waals surface area contributed by atoms with E-state index < -0.39 is 12.1 Å². The minimum atomic E-state index is -4.72. The summed E-state index contributed by atoms with van der Waals surface area (Å²) in [5.74, 6) is -1.44. The number of ether oxygens (including phenoxy) is 1. The largest absolute Gasteiger partial charge is 0.573 e.